The van der Waals surface area contributed by atoms with Crippen LogP contribution in [0.15, 0.2) is 23.6 Å². The number of carbonyl (C=O) groups is 1. The van der Waals surface area contributed by atoms with Gasteiger partial charge in [-0.25, -0.2) is 0 Å². The molecule has 0 saturated carbocycles. The summed E-state index contributed by atoms with van der Waals surface area (Å²) in [6.07, 6.45) is 2.59. The smallest absolute Gasteiger partial charge is 0.258 e. The van der Waals surface area contributed by atoms with Gasteiger partial charge in [0.15, 0.2) is 5.84 Å². The summed E-state index contributed by atoms with van der Waals surface area (Å²) in [5, 5.41) is 20.7. The van der Waals surface area contributed by atoms with Crippen molar-refractivity contribution >= 4 is 11.7 Å². The molecule has 1 aromatic rings. The molecule has 0 atom stereocenters. The Morgan fingerprint density at radius 1 is 1.65 bits per heavy atom. The van der Waals surface area contributed by atoms with Crippen LogP contribution in [0.2, 0.25) is 0 Å². The zero-order valence-electron chi connectivity index (χ0n) is 9.37. The maximum absolute atomic E-state index is 12.0. The molecule has 1 aromatic heterocycles. The van der Waals surface area contributed by atoms with Gasteiger partial charge >= 0.3 is 0 Å². The van der Waals surface area contributed by atoms with Gasteiger partial charge in [-0.2, -0.15) is 0 Å². The molecule has 0 aliphatic carbocycles. The zero-order valence-corrected chi connectivity index (χ0v) is 9.37. The summed E-state index contributed by atoms with van der Waals surface area (Å²) in [5.74, 6) is -0.678. The average Bonchev–Trinajstić information content (AvgIpc) is 2.35. The molecule has 0 spiro atoms. The molecule has 0 saturated heterocycles. The molecule has 0 fully saturated rings. The third-order valence-corrected chi connectivity index (χ3v) is 2.18. The lowest BCUT2D eigenvalue weighted by molar-refractivity contribution is 0.0783. The second kappa shape index (κ2) is 5.69. The maximum Gasteiger partial charge on any atom is 0.258 e. The van der Waals surface area contributed by atoms with Crippen molar-refractivity contribution in [3.63, 3.8) is 0 Å². The first-order valence-electron chi connectivity index (χ1n) is 4.98. The summed E-state index contributed by atoms with van der Waals surface area (Å²) in [5.41, 5.74) is 5.47. The van der Waals surface area contributed by atoms with E-state index >= 15 is 0 Å². The number of nitrogens with zero attached hydrogens (tertiary/aromatic N) is 3. The molecule has 17 heavy (non-hydrogen) atoms. The van der Waals surface area contributed by atoms with Crippen LogP contribution in [0.3, 0.4) is 0 Å². The molecule has 4 N–H and O–H groups in total. The summed E-state index contributed by atoms with van der Waals surface area (Å²) in [7, 11) is 0. The van der Waals surface area contributed by atoms with E-state index in [4.69, 9.17) is 10.9 Å². The fourth-order valence-electron chi connectivity index (χ4n) is 1.29. The Morgan fingerprint density at radius 2 is 2.35 bits per heavy atom. The zero-order chi connectivity index (χ0) is 12.8. The maximum atomic E-state index is 12.0. The summed E-state index contributed by atoms with van der Waals surface area (Å²) in [6, 6.07) is 1.41. The largest absolute Gasteiger partial charge is 0.505 e. The fraction of sp³-hybridized carbons (Fsp3) is 0.300. The normalized spacial score (nSPS) is 11.2. The first-order chi connectivity index (χ1) is 8.10. The first kappa shape index (κ1) is 12.8. The minimum atomic E-state index is -0.404. The Balaban J connectivity index is 2.91. The molecule has 0 bridgehead atoms. The summed E-state index contributed by atoms with van der Waals surface area (Å²) in [4.78, 5) is 17.0. The topological polar surface area (TPSA) is 112 Å². The Hall–Kier alpha value is -2.31. The van der Waals surface area contributed by atoms with Gasteiger partial charge in [0, 0.05) is 12.7 Å². The van der Waals surface area contributed by atoms with E-state index in [0.29, 0.717) is 6.54 Å². The number of nitrogens with two attached hydrogens (primary N) is 1. The SMILES string of the molecule is CCN(C/C(N)=N/O)C(=O)c1ccncc1O. The van der Waals surface area contributed by atoms with E-state index in [1.807, 2.05) is 0 Å². The summed E-state index contributed by atoms with van der Waals surface area (Å²) >= 11 is 0. The Labute approximate surface area is 98.2 Å². The highest BCUT2D eigenvalue weighted by atomic mass is 16.4. The quantitative estimate of drug-likeness (QED) is 0.296. The minimum Gasteiger partial charge on any atom is -0.505 e. The van der Waals surface area contributed by atoms with Crippen LogP contribution in [0.1, 0.15) is 17.3 Å². The number of hydrogen-bond donors (Lipinski definition) is 3. The lowest BCUT2D eigenvalue weighted by atomic mass is 10.2. The van der Waals surface area contributed by atoms with Crippen LogP contribution in [0.4, 0.5) is 0 Å². The first-order valence-corrected chi connectivity index (χ1v) is 4.98. The molecule has 0 unspecified atom stereocenters. The molecule has 1 heterocycles. The minimum absolute atomic E-state index is 0.00635. The van der Waals surface area contributed by atoms with E-state index in [1.54, 1.807) is 6.92 Å². The number of oxime groups is 1. The van der Waals surface area contributed by atoms with Crippen molar-refractivity contribution in [1.29, 1.82) is 0 Å². The standard InChI is InChI=1S/C10H14N4O3/c1-2-14(6-9(11)13-17)10(16)7-3-4-12-5-8(7)15/h3-5,15,17H,2,6H2,1H3,(H2,11,13). The van der Waals surface area contributed by atoms with Gasteiger partial charge in [-0.3, -0.25) is 9.78 Å². The van der Waals surface area contributed by atoms with Gasteiger partial charge in [0.05, 0.1) is 18.3 Å². The van der Waals surface area contributed by atoms with E-state index in [2.05, 4.69) is 10.1 Å². The van der Waals surface area contributed by atoms with Crippen molar-refractivity contribution in [2.45, 2.75) is 6.92 Å². The van der Waals surface area contributed by atoms with Crippen molar-refractivity contribution in [3.8, 4) is 5.75 Å². The molecule has 7 nitrogen and oxygen atoms in total. The molecular formula is C10H14N4O3. The van der Waals surface area contributed by atoms with Gasteiger partial charge in [0.1, 0.15) is 5.75 Å². The van der Waals surface area contributed by atoms with E-state index in [1.165, 1.54) is 23.4 Å². The number of amidine groups is 1. The highest BCUT2D eigenvalue weighted by Gasteiger charge is 2.18. The molecule has 92 valence electrons. The second-order valence-electron chi connectivity index (χ2n) is 3.30. The number of aromatic hydroxyl groups is 1. The number of aromatic nitrogens is 1. The highest BCUT2D eigenvalue weighted by Crippen LogP contribution is 2.16. The third-order valence-electron chi connectivity index (χ3n) is 2.18. The summed E-state index contributed by atoms with van der Waals surface area (Å²) in [6.45, 7) is 2.12. The highest BCUT2D eigenvalue weighted by molar-refractivity contribution is 5.98. The van der Waals surface area contributed by atoms with Crippen molar-refractivity contribution < 1.29 is 15.1 Å². The van der Waals surface area contributed by atoms with Gasteiger partial charge in [0.25, 0.3) is 5.91 Å². The molecule has 7 heteroatoms. The number of pyridine rings is 1. The van der Waals surface area contributed by atoms with Gasteiger partial charge in [-0.15, -0.1) is 0 Å². The Kier molecular flexibility index (Phi) is 4.27. The van der Waals surface area contributed by atoms with E-state index in [-0.39, 0.29) is 23.7 Å². The second-order valence-corrected chi connectivity index (χ2v) is 3.30. The van der Waals surface area contributed by atoms with E-state index < -0.39 is 5.91 Å². The Morgan fingerprint density at radius 3 is 2.88 bits per heavy atom. The lowest BCUT2D eigenvalue weighted by Crippen LogP contribution is -2.38. The van der Waals surface area contributed by atoms with E-state index in [9.17, 15) is 9.90 Å². The molecule has 0 aliphatic rings. The van der Waals surface area contributed by atoms with Crippen molar-refractivity contribution in [2.75, 3.05) is 13.1 Å². The van der Waals surface area contributed by atoms with Gasteiger partial charge < -0.3 is 20.9 Å². The third kappa shape index (κ3) is 3.07. The average molecular weight is 238 g/mol. The predicted molar refractivity (Wildman–Crippen MR) is 60.9 cm³/mol. The number of amides is 1. The van der Waals surface area contributed by atoms with Gasteiger partial charge in [0.2, 0.25) is 0 Å². The molecule has 0 aliphatic heterocycles. The van der Waals surface area contributed by atoms with Crippen molar-refractivity contribution in [1.82, 2.24) is 9.88 Å². The molecular weight excluding hydrogens is 224 g/mol. The predicted octanol–water partition coefficient (Wildman–Crippen LogP) is -0.00430. The van der Waals surface area contributed by atoms with Crippen LogP contribution >= 0.6 is 0 Å². The number of rotatable bonds is 4. The molecule has 0 radical (unpaired) electrons. The summed E-state index contributed by atoms with van der Waals surface area (Å²) < 4.78 is 0. The number of hydrogen-bond acceptors (Lipinski definition) is 5. The fourth-order valence-corrected chi connectivity index (χ4v) is 1.29. The molecule has 1 rings (SSSR count). The lowest BCUT2D eigenvalue weighted by Gasteiger charge is -2.20. The van der Waals surface area contributed by atoms with Crippen LogP contribution in [-0.2, 0) is 0 Å². The van der Waals surface area contributed by atoms with E-state index in [0.717, 1.165) is 0 Å². The van der Waals surface area contributed by atoms with Crippen LogP contribution < -0.4 is 5.73 Å². The monoisotopic (exact) mass is 238 g/mol. The van der Waals surface area contributed by atoms with Gasteiger partial charge in [-0.05, 0) is 13.0 Å². The number of carbonyl (C=O) groups excluding carboxylic acids is 1. The Bertz CT molecular complexity index is 433. The molecule has 0 aromatic carbocycles. The van der Waals surface area contributed by atoms with Crippen molar-refractivity contribution in [2.24, 2.45) is 10.9 Å². The van der Waals surface area contributed by atoms with Crippen LogP contribution in [0, 0.1) is 0 Å². The van der Waals surface area contributed by atoms with Crippen LogP contribution in [0.25, 0.3) is 0 Å². The molecule has 1 amide bonds. The number of likely N-dealkylation sites (N-methyl/N-ethyl adjacent to an activating group) is 1. The van der Waals surface area contributed by atoms with Crippen LogP contribution in [0.5, 0.6) is 5.75 Å². The van der Waals surface area contributed by atoms with Gasteiger partial charge in [-0.1, -0.05) is 5.16 Å². The van der Waals surface area contributed by atoms with Crippen LogP contribution in [-0.4, -0.2) is 45.0 Å². The van der Waals surface area contributed by atoms with Crippen molar-refractivity contribution in [3.05, 3.63) is 24.0 Å².